The molecule has 0 unspecified atom stereocenters. The molecule has 0 spiro atoms. The Kier molecular flexibility index (Phi) is 4.99. The Bertz CT molecular complexity index is 966. The number of nitro benzene ring substituents is 1. The van der Waals surface area contributed by atoms with E-state index in [1.54, 1.807) is 37.3 Å². The highest BCUT2D eigenvalue weighted by atomic mass is 35.5. The lowest BCUT2D eigenvalue weighted by Gasteiger charge is -2.03. The molecule has 0 aliphatic rings. The van der Waals surface area contributed by atoms with Crippen molar-refractivity contribution in [3.63, 3.8) is 0 Å². The third-order valence-corrected chi connectivity index (χ3v) is 3.94. The van der Waals surface area contributed by atoms with Crippen LogP contribution in [-0.2, 0) is 11.3 Å². The molecule has 0 N–H and O–H groups in total. The molecule has 2 aromatic carbocycles. The van der Waals surface area contributed by atoms with E-state index in [1.807, 2.05) is 0 Å². The molecular weight excluding hydrogens is 360 g/mol. The Labute approximate surface area is 153 Å². The smallest absolute Gasteiger partial charge is 0.338 e. The Morgan fingerprint density at radius 1 is 1.23 bits per heavy atom. The van der Waals surface area contributed by atoms with E-state index in [1.165, 1.54) is 18.2 Å². The van der Waals surface area contributed by atoms with E-state index < -0.39 is 10.9 Å². The fourth-order valence-corrected chi connectivity index (χ4v) is 2.42. The zero-order chi connectivity index (χ0) is 18.7. The standard InChI is InChI=1S/C18H13ClN2O5/c1-11-2-3-13(8-17(11)21(23)24)18(22)25-10-15-9-16(20-26-15)12-4-6-14(19)7-5-12/h2-9H,10H2,1H3. The predicted octanol–water partition coefficient (Wildman–Crippen LogP) is 4.57. The van der Waals surface area contributed by atoms with E-state index in [4.69, 9.17) is 20.9 Å². The van der Waals surface area contributed by atoms with Crippen LogP contribution >= 0.6 is 11.6 Å². The summed E-state index contributed by atoms with van der Waals surface area (Å²) in [5.74, 6) is -0.331. The van der Waals surface area contributed by atoms with Crippen molar-refractivity contribution < 1.29 is 19.0 Å². The van der Waals surface area contributed by atoms with Crippen molar-refractivity contribution in [2.24, 2.45) is 0 Å². The van der Waals surface area contributed by atoms with Crippen molar-refractivity contribution in [2.75, 3.05) is 0 Å². The third-order valence-electron chi connectivity index (χ3n) is 3.69. The van der Waals surface area contributed by atoms with Gasteiger partial charge in [0.2, 0.25) is 0 Å². The van der Waals surface area contributed by atoms with E-state index in [0.29, 0.717) is 22.0 Å². The minimum absolute atomic E-state index is 0.0970. The number of carbonyl (C=O) groups is 1. The highest BCUT2D eigenvalue weighted by Gasteiger charge is 2.17. The van der Waals surface area contributed by atoms with Gasteiger partial charge in [-0.3, -0.25) is 10.1 Å². The van der Waals surface area contributed by atoms with Crippen molar-refractivity contribution >= 4 is 23.3 Å². The number of carbonyl (C=O) groups excluding carboxylic acids is 1. The van der Waals surface area contributed by atoms with Gasteiger partial charge >= 0.3 is 5.97 Å². The van der Waals surface area contributed by atoms with E-state index in [-0.39, 0.29) is 17.9 Å². The van der Waals surface area contributed by atoms with Gasteiger partial charge in [-0.1, -0.05) is 35.0 Å². The number of aryl methyl sites for hydroxylation is 1. The summed E-state index contributed by atoms with van der Waals surface area (Å²) in [6.07, 6.45) is 0. The zero-order valence-corrected chi connectivity index (χ0v) is 14.4. The SMILES string of the molecule is Cc1ccc(C(=O)OCc2cc(-c3ccc(Cl)cc3)no2)cc1[N+](=O)[O-]. The van der Waals surface area contributed by atoms with Gasteiger partial charge in [-0.25, -0.2) is 4.79 Å². The topological polar surface area (TPSA) is 95.5 Å². The van der Waals surface area contributed by atoms with Gasteiger partial charge in [-0.15, -0.1) is 0 Å². The quantitative estimate of drug-likeness (QED) is 0.370. The molecule has 132 valence electrons. The third kappa shape index (κ3) is 3.89. The molecule has 3 rings (SSSR count). The van der Waals surface area contributed by atoms with Crippen LogP contribution in [0.3, 0.4) is 0 Å². The van der Waals surface area contributed by atoms with Crippen LogP contribution in [0.5, 0.6) is 0 Å². The average molecular weight is 373 g/mol. The van der Waals surface area contributed by atoms with Crippen LogP contribution in [0.4, 0.5) is 5.69 Å². The maximum atomic E-state index is 12.1. The number of rotatable bonds is 5. The molecule has 1 aromatic heterocycles. The number of benzene rings is 2. The lowest BCUT2D eigenvalue weighted by Crippen LogP contribution is -2.06. The van der Waals surface area contributed by atoms with Crippen LogP contribution in [0.15, 0.2) is 53.1 Å². The average Bonchev–Trinajstić information content (AvgIpc) is 3.09. The molecule has 0 saturated carbocycles. The molecule has 0 fully saturated rings. The van der Waals surface area contributed by atoms with E-state index >= 15 is 0 Å². The first-order valence-electron chi connectivity index (χ1n) is 7.58. The fourth-order valence-electron chi connectivity index (χ4n) is 2.29. The fraction of sp³-hybridized carbons (Fsp3) is 0.111. The molecule has 26 heavy (non-hydrogen) atoms. The first-order chi connectivity index (χ1) is 12.4. The molecule has 0 aliphatic carbocycles. The van der Waals surface area contributed by atoms with Crippen molar-refractivity contribution in [3.05, 3.63) is 80.6 Å². The molecular formula is C18H13ClN2O5. The van der Waals surface area contributed by atoms with Gasteiger partial charge in [0.25, 0.3) is 5.69 Å². The number of hydrogen-bond donors (Lipinski definition) is 0. The first kappa shape index (κ1) is 17.6. The van der Waals surface area contributed by atoms with Crippen LogP contribution in [0.2, 0.25) is 5.02 Å². The molecule has 0 bridgehead atoms. The summed E-state index contributed by atoms with van der Waals surface area (Å²) < 4.78 is 10.3. The second kappa shape index (κ2) is 7.37. The van der Waals surface area contributed by atoms with Gasteiger partial charge in [0, 0.05) is 28.3 Å². The van der Waals surface area contributed by atoms with Gasteiger partial charge in [0.05, 0.1) is 10.5 Å². The van der Waals surface area contributed by atoms with Gasteiger partial charge in [-0.05, 0) is 25.1 Å². The van der Waals surface area contributed by atoms with Crippen molar-refractivity contribution in [2.45, 2.75) is 13.5 Å². The Morgan fingerprint density at radius 3 is 2.65 bits per heavy atom. The molecule has 0 aliphatic heterocycles. The lowest BCUT2D eigenvalue weighted by atomic mass is 10.1. The van der Waals surface area contributed by atoms with Crippen LogP contribution in [-0.4, -0.2) is 16.0 Å². The largest absolute Gasteiger partial charge is 0.454 e. The molecule has 0 radical (unpaired) electrons. The molecule has 3 aromatic rings. The normalized spacial score (nSPS) is 10.5. The van der Waals surface area contributed by atoms with Crippen molar-refractivity contribution in [1.29, 1.82) is 0 Å². The number of nitrogens with zero attached hydrogens (tertiary/aromatic N) is 2. The summed E-state index contributed by atoms with van der Waals surface area (Å²) in [5.41, 5.74) is 1.82. The van der Waals surface area contributed by atoms with Gasteiger partial charge in [0.15, 0.2) is 12.4 Å². The summed E-state index contributed by atoms with van der Waals surface area (Å²) in [5, 5.41) is 15.5. The number of esters is 1. The predicted molar refractivity (Wildman–Crippen MR) is 93.9 cm³/mol. The second-order valence-corrected chi connectivity index (χ2v) is 5.96. The second-order valence-electron chi connectivity index (χ2n) is 5.52. The van der Waals surface area contributed by atoms with E-state index in [2.05, 4.69) is 5.16 Å². The van der Waals surface area contributed by atoms with E-state index in [0.717, 1.165) is 5.56 Å². The zero-order valence-electron chi connectivity index (χ0n) is 13.6. The molecule has 0 saturated heterocycles. The number of aromatic nitrogens is 1. The summed E-state index contributed by atoms with van der Waals surface area (Å²) in [4.78, 5) is 22.5. The van der Waals surface area contributed by atoms with Crippen LogP contribution in [0.1, 0.15) is 21.7 Å². The Balaban J connectivity index is 1.68. The number of hydrogen-bond acceptors (Lipinski definition) is 6. The van der Waals surface area contributed by atoms with Gasteiger partial charge in [0.1, 0.15) is 5.69 Å². The summed E-state index contributed by atoms with van der Waals surface area (Å²) in [7, 11) is 0. The summed E-state index contributed by atoms with van der Waals surface area (Å²) in [6.45, 7) is 1.46. The molecule has 0 atom stereocenters. The highest BCUT2D eigenvalue weighted by Crippen LogP contribution is 2.23. The number of ether oxygens (including phenoxy) is 1. The highest BCUT2D eigenvalue weighted by molar-refractivity contribution is 6.30. The van der Waals surface area contributed by atoms with Gasteiger partial charge < -0.3 is 9.26 Å². The first-order valence-corrected chi connectivity index (χ1v) is 7.95. The summed E-state index contributed by atoms with van der Waals surface area (Å²) in [6, 6.07) is 12.9. The van der Waals surface area contributed by atoms with E-state index in [9.17, 15) is 14.9 Å². The van der Waals surface area contributed by atoms with Crippen molar-refractivity contribution in [3.8, 4) is 11.3 Å². The monoisotopic (exact) mass is 372 g/mol. The molecule has 1 heterocycles. The maximum Gasteiger partial charge on any atom is 0.338 e. The van der Waals surface area contributed by atoms with Crippen LogP contribution in [0.25, 0.3) is 11.3 Å². The number of nitro groups is 1. The van der Waals surface area contributed by atoms with Crippen molar-refractivity contribution in [1.82, 2.24) is 5.16 Å². The Morgan fingerprint density at radius 2 is 1.96 bits per heavy atom. The number of halogens is 1. The summed E-state index contributed by atoms with van der Waals surface area (Å²) >= 11 is 5.84. The van der Waals surface area contributed by atoms with Gasteiger partial charge in [-0.2, -0.15) is 0 Å². The molecule has 8 heteroatoms. The minimum atomic E-state index is -0.683. The molecule has 7 nitrogen and oxygen atoms in total. The minimum Gasteiger partial charge on any atom is -0.454 e. The van der Waals surface area contributed by atoms with Crippen LogP contribution in [0, 0.1) is 17.0 Å². The molecule has 0 amide bonds. The lowest BCUT2D eigenvalue weighted by molar-refractivity contribution is -0.385. The van der Waals surface area contributed by atoms with Crippen LogP contribution < -0.4 is 0 Å². The Hall–Kier alpha value is -3.19. The maximum absolute atomic E-state index is 12.1.